The molecule has 0 saturated heterocycles. The van der Waals surface area contributed by atoms with Crippen LogP contribution in [0.15, 0.2) is 29.2 Å². The molecule has 4 nitrogen and oxygen atoms in total. The van der Waals surface area contributed by atoms with Crippen molar-refractivity contribution in [1.29, 1.82) is 0 Å². The Hall–Kier alpha value is -1.20. The smallest absolute Gasteiger partial charge is 0.297 e. The summed E-state index contributed by atoms with van der Waals surface area (Å²) in [6.07, 6.45) is 4.16. The molecule has 3 rings (SSSR count). The first-order valence-electron chi connectivity index (χ1n) is 8.33. The third-order valence-electron chi connectivity index (χ3n) is 5.66. The molecule has 0 spiro atoms. The number of carbonyl (C=O) groups is 1. The molecular weight excluding hydrogens is 312 g/mol. The molecule has 23 heavy (non-hydrogen) atoms. The molecule has 0 amide bonds. The molecule has 126 valence electrons. The summed E-state index contributed by atoms with van der Waals surface area (Å²) >= 11 is 0. The van der Waals surface area contributed by atoms with E-state index < -0.39 is 10.1 Å². The van der Waals surface area contributed by atoms with Crippen LogP contribution in [-0.2, 0) is 19.1 Å². The third kappa shape index (κ3) is 3.22. The van der Waals surface area contributed by atoms with E-state index >= 15 is 0 Å². The number of carbonyl (C=O) groups excluding carboxylic acids is 1. The highest BCUT2D eigenvalue weighted by Crippen LogP contribution is 2.51. The highest BCUT2D eigenvalue weighted by Gasteiger charge is 2.49. The molecule has 2 fully saturated rings. The van der Waals surface area contributed by atoms with E-state index in [0.29, 0.717) is 18.6 Å². The predicted molar refractivity (Wildman–Crippen MR) is 87.5 cm³/mol. The molecule has 2 aliphatic rings. The molecule has 1 aromatic carbocycles. The van der Waals surface area contributed by atoms with Crippen molar-refractivity contribution >= 4 is 15.9 Å². The van der Waals surface area contributed by atoms with Crippen molar-refractivity contribution in [2.45, 2.75) is 63.4 Å². The zero-order valence-electron chi connectivity index (χ0n) is 13.7. The highest BCUT2D eigenvalue weighted by molar-refractivity contribution is 7.86. The minimum absolute atomic E-state index is 0.209. The normalized spacial score (nSPS) is 31.7. The van der Waals surface area contributed by atoms with Gasteiger partial charge in [0.1, 0.15) is 5.78 Å². The van der Waals surface area contributed by atoms with Gasteiger partial charge in [0.25, 0.3) is 10.1 Å². The van der Waals surface area contributed by atoms with E-state index in [1.165, 1.54) is 0 Å². The van der Waals surface area contributed by atoms with Gasteiger partial charge in [0.15, 0.2) is 0 Å². The molecule has 3 atom stereocenters. The summed E-state index contributed by atoms with van der Waals surface area (Å²) in [5.41, 5.74) is 0.795. The van der Waals surface area contributed by atoms with E-state index in [-0.39, 0.29) is 22.3 Å². The molecular formula is C18H24O4S. The van der Waals surface area contributed by atoms with Crippen molar-refractivity contribution in [3.63, 3.8) is 0 Å². The minimum Gasteiger partial charge on any atom is -0.300 e. The number of benzene rings is 1. The minimum atomic E-state index is -3.76. The van der Waals surface area contributed by atoms with Crippen LogP contribution in [0.3, 0.4) is 0 Å². The summed E-state index contributed by atoms with van der Waals surface area (Å²) in [4.78, 5) is 12.0. The van der Waals surface area contributed by atoms with Gasteiger partial charge in [0.05, 0.1) is 11.0 Å². The second kappa shape index (κ2) is 6.02. The molecule has 0 heterocycles. The van der Waals surface area contributed by atoms with Gasteiger partial charge in [0.2, 0.25) is 0 Å². The van der Waals surface area contributed by atoms with E-state index in [0.717, 1.165) is 31.2 Å². The molecule has 0 bridgehead atoms. The van der Waals surface area contributed by atoms with Crippen LogP contribution in [0.4, 0.5) is 0 Å². The zero-order chi connectivity index (χ0) is 16.7. The van der Waals surface area contributed by atoms with Crippen LogP contribution < -0.4 is 0 Å². The van der Waals surface area contributed by atoms with Gasteiger partial charge in [0, 0.05) is 12.8 Å². The summed E-state index contributed by atoms with van der Waals surface area (Å²) in [6.45, 7) is 4.02. The Bertz CT molecular complexity index is 692. The zero-order valence-corrected chi connectivity index (χ0v) is 14.6. The fraction of sp³-hybridized carbons (Fsp3) is 0.611. The van der Waals surface area contributed by atoms with Crippen LogP contribution in [0.1, 0.15) is 51.0 Å². The SMILES string of the molecule is Cc1ccc(S(=O)(=O)OC2CCCC3CC(=O)CCC32C)cc1. The molecule has 2 aliphatic carbocycles. The summed E-state index contributed by atoms with van der Waals surface area (Å²) in [7, 11) is -3.76. The van der Waals surface area contributed by atoms with Gasteiger partial charge in [-0.1, -0.05) is 31.0 Å². The Balaban J connectivity index is 1.83. The lowest BCUT2D eigenvalue weighted by Crippen LogP contribution is -2.48. The van der Waals surface area contributed by atoms with Gasteiger partial charge >= 0.3 is 0 Å². The first-order valence-corrected chi connectivity index (χ1v) is 9.74. The maximum Gasteiger partial charge on any atom is 0.297 e. The van der Waals surface area contributed by atoms with Crippen LogP contribution >= 0.6 is 0 Å². The first kappa shape index (κ1) is 16.7. The largest absolute Gasteiger partial charge is 0.300 e. The second-order valence-electron chi connectivity index (χ2n) is 7.23. The summed E-state index contributed by atoms with van der Waals surface area (Å²) < 4.78 is 30.9. The van der Waals surface area contributed by atoms with Crippen molar-refractivity contribution in [2.24, 2.45) is 11.3 Å². The van der Waals surface area contributed by atoms with Crippen molar-refractivity contribution in [1.82, 2.24) is 0 Å². The van der Waals surface area contributed by atoms with E-state index in [9.17, 15) is 13.2 Å². The quantitative estimate of drug-likeness (QED) is 0.791. The number of hydrogen-bond donors (Lipinski definition) is 0. The number of aryl methyl sites for hydroxylation is 1. The fourth-order valence-electron chi connectivity index (χ4n) is 4.03. The predicted octanol–water partition coefficient (Wildman–Crippen LogP) is 3.63. The van der Waals surface area contributed by atoms with Gasteiger partial charge in [-0.15, -0.1) is 0 Å². The van der Waals surface area contributed by atoms with Gasteiger partial charge < -0.3 is 0 Å². The number of fused-ring (bicyclic) bond motifs is 1. The fourth-order valence-corrected chi connectivity index (χ4v) is 5.23. The number of Topliss-reactive ketones (excluding diaryl/α,β-unsaturated/α-hetero) is 1. The van der Waals surface area contributed by atoms with Gasteiger partial charge in [-0.2, -0.15) is 8.42 Å². The maximum absolute atomic E-state index is 12.6. The lowest BCUT2D eigenvalue weighted by molar-refractivity contribution is -0.130. The molecule has 3 unspecified atom stereocenters. The van der Waals surface area contributed by atoms with E-state index in [4.69, 9.17) is 4.18 Å². The maximum atomic E-state index is 12.6. The van der Waals surface area contributed by atoms with E-state index in [2.05, 4.69) is 6.92 Å². The van der Waals surface area contributed by atoms with Crippen LogP contribution in [0.25, 0.3) is 0 Å². The number of ketones is 1. The van der Waals surface area contributed by atoms with Crippen molar-refractivity contribution in [3.05, 3.63) is 29.8 Å². The lowest BCUT2D eigenvalue weighted by Gasteiger charge is -2.49. The van der Waals surface area contributed by atoms with E-state index in [1.54, 1.807) is 24.3 Å². The monoisotopic (exact) mass is 336 g/mol. The van der Waals surface area contributed by atoms with Crippen molar-refractivity contribution in [2.75, 3.05) is 0 Å². The molecule has 1 aromatic rings. The van der Waals surface area contributed by atoms with Crippen LogP contribution in [0.2, 0.25) is 0 Å². The molecule has 2 saturated carbocycles. The lowest BCUT2D eigenvalue weighted by atomic mass is 9.59. The molecule has 0 N–H and O–H groups in total. The van der Waals surface area contributed by atoms with Gasteiger partial charge in [-0.3, -0.25) is 8.98 Å². The van der Waals surface area contributed by atoms with Crippen LogP contribution in [0, 0.1) is 18.3 Å². The Morgan fingerprint density at radius 3 is 2.57 bits per heavy atom. The van der Waals surface area contributed by atoms with Crippen molar-refractivity contribution in [3.8, 4) is 0 Å². The van der Waals surface area contributed by atoms with Crippen LogP contribution in [0.5, 0.6) is 0 Å². The summed E-state index contributed by atoms with van der Waals surface area (Å²) in [5.74, 6) is 0.547. The molecule has 0 radical (unpaired) electrons. The van der Waals surface area contributed by atoms with E-state index in [1.807, 2.05) is 6.92 Å². The Morgan fingerprint density at radius 2 is 1.87 bits per heavy atom. The second-order valence-corrected chi connectivity index (χ2v) is 8.80. The molecule has 0 aliphatic heterocycles. The Morgan fingerprint density at radius 1 is 1.17 bits per heavy atom. The van der Waals surface area contributed by atoms with Crippen LogP contribution in [-0.4, -0.2) is 20.3 Å². The number of rotatable bonds is 3. The third-order valence-corrected chi connectivity index (χ3v) is 6.99. The van der Waals surface area contributed by atoms with Gasteiger partial charge in [-0.25, -0.2) is 0 Å². The molecule has 5 heteroatoms. The summed E-state index contributed by atoms with van der Waals surface area (Å²) in [6, 6.07) is 6.75. The molecule has 0 aromatic heterocycles. The highest BCUT2D eigenvalue weighted by atomic mass is 32.2. The Labute approximate surface area is 138 Å². The average molecular weight is 336 g/mol. The Kier molecular flexibility index (Phi) is 4.36. The average Bonchev–Trinajstić information content (AvgIpc) is 2.49. The first-order chi connectivity index (χ1) is 10.8. The standard InChI is InChI=1S/C18H24O4S/c1-13-6-8-16(9-7-13)23(20,21)22-17-5-3-4-14-12-15(19)10-11-18(14,17)2/h6-9,14,17H,3-5,10-12H2,1-2H3. The van der Waals surface area contributed by atoms with Crippen molar-refractivity contribution < 1.29 is 17.4 Å². The number of hydrogen-bond acceptors (Lipinski definition) is 4. The topological polar surface area (TPSA) is 60.4 Å². The summed E-state index contributed by atoms with van der Waals surface area (Å²) in [5, 5.41) is 0. The van der Waals surface area contributed by atoms with Gasteiger partial charge in [-0.05, 0) is 49.7 Å².